The van der Waals surface area contributed by atoms with Crippen molar-refractivity contribution in [2.45, 2.75) is 38.3 Å². The van der Waals surface area contributed by atoms with E-state index in [-0.39, 0.29) is 19.1 Å². The number of carbonyl (C=O) groups is 3. The van der Waals surface area contributed by atoms with E-state index >= 15 is 0 Å². The van der Waals surface area contributed by atoms with Gasteiger partial charge in [-0.15, -0.1) is 0 Å². The second-order valence-corrected chi connectivity index (χ2v) is 8.54. The van der Waals surface area contributed by atoms with Crippen LogP contribution in [0.25, 0.3) is 0 Å². The number of hydrogen-bond acceptors (Lipinski definition) is 7. The zero-order valence-electron chi connectivity index (χ0n) is 19.3. The minimum Gasteiger partial charge on any atom is -0.395 e. The first-order valence-corrected chi connectivity index (χ1v) is 11.6. The third-order valence-electron chi connectivity index (χ3n) is 6.15. The van der Waals surface area contributed by atoms with E-state index in [2.05, 4.69) is 10.3 Å². The van der Waals surface area contributed by atoms with Gasteiger partial charge in [0.05, 0.1) is 30.9 Å². The molecule has 0 saturated carbocycles. The molecule has 2 aliphatic heterocycles. The van der Waals surface area contributed by atoms with E-state index in [1.54, 1.807) is 47.4 Å². The number of benzene rings is 2. The van der Waals surface area contributed by atoms with Gasteiger partial charge in [0, 0.05) is 30.8 Å². The maximum atomic E-state index is 13.1. The standard InChI is InChI=1S/C25H29N5O5/c26-24-18-9-8-17(13-16(18)15-27-24)28-25(35)21(32)14-23(34)30(11-12-31)20-6-2-1-5-19(20)29-10-4-3-7-22(29)33/h1-2,5-6,8-9,13,21,31-32H,3-4,7,10-12,14-15H2,(H2,26,27)(H,28,35)/t21-/m1/s1. The van der Waals surface area contributed by atoms with E-state index < -0.39 is 24.3 Å². The molecule has 0 spiro atoms. The molecule has 2 aliphatic rings. The third-order valence-corrected chi connectivity index (χ3v) is 6.15. The summed E-state index contributed by atoms with van der Waals surface area (Å²) in [7, 11) is 0. The molecule has 2 heterocycles. The SMILES string of the molecule is NC1=NCc2cc(NC(=O)[C@H](O)CC(=O)N(CCO)c3ccccc3N3CCCCC3=O)ccc21. The van der Waals surface area contributed by atoms with Crippen LogP contribution in [-0.4, -0.2) is 59.6 Å². The topological polar surface area (TPSA) is 149 Å². The van der Waals surface area contributed by atoms with Gasteiger partial charge in [-0.1, -0.05) is 12.1 Å². The summed E-state index contributed by atoms with van der Waals surface area (Å²) in [6.07, 6.45) is 0.0106. The molecule has 35 heavy (non-hydrogen) atoms. The molecule has 0 bridgehead atoms. The summed E-state index contributed by atoms with van der Waals surface area (Å²) in [5.41, 5.74) is 8.96. The lowest BCUT2D eigenvalue weighted by Crippen LogP contribution is -2.41. The fourth-order valence-electron chi connectivity index (χ4n) is 4.36. The second kappa shape index (κ2) is 10.7. The summed E-state index contributed by atoms with van der Waals surface area (Å²) in [4.78, 5) is 45.3. The van der Waals surface area contributed by atoms with Crippen molar-refractivity contribution in [1.29, 1.82) is 0 Å². The molecule has 1 atom stereocenters. The monoisotopic (exact) mass is 479 g/mol. The minimum atomic E-state index is -1.61. The average molecular weight is 480 g/mol. The summed E-state index contributed by atoms with van der Waals surface area (Å²) >= 11 is 0. The van der Waals surface area contributed by atoms with Gasteiger partial charge in [0.15, 0.2) is 0 Å². The first kappa shape index (κ1) is 24.4. The molecule has 184 valence electrons. The average Bonchev–Trinajstić information content (AvgIpc) is 3.22. The van der Waals surface area contributed by atoms with Crippen molar-refractivity contribution in [3.63, 3.8) is 0 Å². The molecular formula is C25H29N5O5. The lowest BCUT2D eigenvalue weighted by atomic mass is 10.1. The molecule has 1 fully saturated rings. The molecule has 0 unspecified atom stereocenters. The van der Waals surface area contributed by atoms with E-state index in [4.69, 9.17) is 5.73 Å². The Morgan fingerprint density at radius 3 is 2.77 bits per heavy atom. The quantitative estimate of drug-likeness (QED) is 0.446. The minimum absolute atomic E-state index is 0.0268. The largest absolute Gasteiger partial charge is 0.395 e. The number of nitrogens with one attached hydrogen (secondary N) is 1. The van der Waals surface area contributed by atoms with Crippen molar-refractivity contribution in [1.82, 2.24) is 0 Å². The number of hydrogen-bond donors (Lipinski definition) is 4. The Hall–Kier alpha value is -3.76. The van der Waals surface area contributed by atoms with Gasteiger partial charge in [-0.2, -0.15) is 0 Å². The number of amides is 3. The number of aliphatic hydroxyl groups excluding tert-OH is 2. The van der Waals surface area contributed by atoms with Crippen LogP contribution in [0.2, 0.25) is 0 Å². The predicted octanol–water partition coefficient (Wildman–Crippen LogP) is 1.14. The van der Waals surface area contributed by atoms with Crippen LogP contribution >= 0.6 is 0 Å². The maximum Gasteiger partial charge on any atom is 0.253 e. The number of nitrogens with zero attached hydrogens (tertiary/aromatic N) is 3. The van der Waals surface area contributed by atoms with Crippen LogP contribution in [0.5, 0.6) is 0 Å². The van der Waals surface area contributed by atoms with Gasteiger partial charge in [0.2, 0.25) is 11.8 Å². The molecule has 5 N–H and O–H groups in total. The van der Waals surface area contributed by atoms with E-state index in [0.29, 0.717) is 42.4 Å². The van der Waals surface area contributed by atoms with Gasteiger partial charge >= 0.3 is 0 Å². The van der Waals surface area contributed by atoms with Crippen LogP contribution in [0.1, 0.15) is 36.8 Å². The van der Waals surface area contributed by atoms with Gasteiger partial charge in [-0.05, 0) is 48.7 Å². The number of carbonyl (C=O) groups excluding carboxylic acids is 3. The number of aliphatic imine (C=N–C) groups is 1. The van der Waals surface area contributed by atoms with E-state index in [9.17, 15) is 24.6 Å². The smallest absolute Gasteiger partial charge is 0.253 e. The fraction of sp³-hybridized carbons (Fsp3) is 0.360. The van der Waals surface area contributed by atoms with Crippen molar-refractivity contribution >= 4 is 40.6 Å². The first-order chi connectivity index (χ1) is 16.9. The Morgan fingerprint density at radius 2 is 2.00 bits per heavy atom. The van der Waals surface area contributed by atoms with E-state index in [0.717, 1.165) is 24.0 Å². The molecule has 0 aromatic heterocycles. The summed E-state index contributed by atoms with van der Waals surface area (Å²) in [6.45, 7) is 0.593. The van der Waals surface area contributed by atoms with Crippen LogP contribution in [0.4, 0.5) is 17.1 Å². The van der Waals surface area contributed by atoms with Crippen molar-refractivity contribution in [3.8, 4) is 0 Å². The van der Waals surface area contributed by atoms with Crippen LogP contribution in [0, 0.1) is 0 Å². The Labute approximate surface area is 203 Å². The number of amidine groups is 1. The predicted molar refractivity (Wildman–Crippen MR) is 132 cm³/mol. The van der Waals surface area contributed by atoms with Crippen molar-refractivity contribution < 1.29 is 24.6 Å². The van der Waals surface area contributed by atoms with Crippen molar-refractivity contribution in [3.05, 3.63) is 53.6 Å². The molecule has 0 radical (unpaired) electrons. The third kappa shape index (κ3) is 5.33. The Morgan fingerprint density at radius 1 is 1.20 bits per heavy atom. The fourth-order valence-corrected chi connectivity index (χ4v) is 4.36. The van der Waals surface area contributed by atoms with Gasteiger partial charge in [-0.3, -0.25) is 19.4 Å². The summed E-state index contributed by atoms with van der Waals surface area (Å²) in [5, 5.41) is 22.7. The molecule has 2 aromatic rings. The summed E-state index contributed by atoms with van der Waals surface area (Å²) in [6, 6.07) is 12.1. The Bertz CT molecular complexity index is 1160. The number of nitrogens with two attached hydrogens (primary N) is 1. The highest BCUT2D eigenvalue weighted by atomic mass is 16.3. The first-order valence-electron chi connectivity index (χ1n) is 11.6. The molecule has 2 aromatic carbocycles. The lowest BCUT2D eigenvalue weighted by Gasteiger charge is -2.32. The Kier molecular flexibility index (Phi) is 7.42. The van der Waals surface area contributed by atoms with Crippen LogP contribution in [0.15, 0.2) is 47.5 Å². The number of para-hydroxylation sites is 2. The summed E-state index contributed by atoms with van der Waals surface area (Å²) < 4.78 is 0. The molecule has 10 heteroatoms. The number of fused-ring (bicyclic) bond motifs is 1. The Balaban J connectivity index is 1.46. The van der Waals surface area contributed by atoms with Crippen molar-refractivity contribution in [2.24, 2.45) is 10.7 Å². The van der Waals surface area contributed by atoms with Gasteiger partial charge in [-0.25, -0.2) is 0 Å². The maximum absolute atomic E-state index is 13.1. The van der Waals surface area contributed by atoms with Crippen LogP contribution in [0.3, 0.4) is 0 Å². The molecule has 4 rings (SSSR count). The molecule has 0 aliphatic carbocycles. The van der Waals surface area contributed by atoms with Gasteiger partial charge in [0.1, 0.15) is 11.9 Å². The highest BCUT2D eigenvalue weighted by Crippen LogP contribution is 2.32. The van der Waals surface area contributed by atoms with Crippen molar-refractivity contribution in [2.75, 3.05) is 34.8 Å². The lowest BCUT2D eigenvalue weighted by molar-refractivity contribution is -0.129. The normalized spacial score (nSPS) is 15.9. The molecular weight excluding hydrogens is 450 g/mol. The van der Waals surface area contributed by atoms with Crippen LogP contribution in [-0.2, 0) is 20.9 Å². The highest BCUT2D eigenvalue weighted by molar-refractivity contribution is 6.05. The number of rotatable bonds is 8. The van der Waals surface area contributed by atoms with Crippen LogP contribution < -0.4 is 20.9 Å². The zero-order valence-corrected chi connectivity index (χ0v) is 19.3. The molecule has 1 saturated heterocycles. The van der Waals surface area contributed by atoms with Gasteiger partial charge < -0.3 is 31.1 Å². The molecule has 10 nitrogen and oxygen atoms in total. The second-order valence-electron chi connectivity index (χ2n) is 8.54. The number of piperidine rings is 1. The number of aliphatic hydroxyl groups is 2. The van der Waals surface area contributed by atoms with E-state index in [1.165, 1.54) is 4.90 Å². The zero-order chi connectivity index (χ0) is 24.9. The van der Waals surface area contributed by atoms with E-state index in [1.807, 2.05) is 0 Å². The highest BCUT2D eigenvalue weighted by Gasteiger charge is 2.28. The van der Waals surface area contributed by atoms with Gasteiger partial charge in [0.25, 0.3) is 5.91 Å². The number of anilines is 3. The summed E-state index contributed by atoms with van der Waals surface area (Å²) in [5.74, 6) is -0.859. The molecule has 3 amide bonds.